The number of aromatic nitrogens is 1. The maximum Gasteiger partial charge on any atom is 0.323 e. The minimum absolute atomic E-state index is 0.274. The zero-order valence-corrected chi connectivity index (χ0v) is 10.2. The number of nitrogens with zero attached hydrogens (tertiary/aromatic N) is 2. The van der Waals surface area contributed by atoms with E-state index in [0.29, 0.717) is 6.54 Å². The smallest absolute Gasteiger partial charge is 0.323 e. The van der Waals surface area contributed by atoms with Crippen LogP contribution in [0.5, 0.6) is 0 Å². The van der Waals surface area contributed by atoms with Gasteiger partial charge in [-0.1, -0.05) is 13.0 Å². The van der Waals surface area contributed by atoms with Crippen molar-refractivity contribution >= 4 is 18.0 Å². The molecule has 1 rings (SSSR count). The molecule has 1 aromatic rings. The van der Waals surface area contributed by atoms with Crippen molar-refractivity contribution in [2.75, 3.05) is 13.1 Å². The number of pyridine rings is 1. The third-order valence-electron chi connectivity index (χ3n) is 2.23. The van der Waals surface area contributed by atoms with E-state index >= 15 is 0 Å². The highest BCUT2D eigenvalue weighted by Gasteiger charge is 2.12. The molecule has 0 aromatic carbocycles. The topological polar surface area (TPSA) is 70.5 Å². The van der Waals surface area contributed by atoms with Gasteiger partial charge in [0, 0.05) is 25.0 Å². The number of carboxylic acids is 1. The minimum Gasteiger partial charge on any atom is -0.480 e. The number of aliphatic carboxylic acids is 1. The molecule has 1 aromatic heterocycles. The molecular weight excluding hydrogens is 232 g/mol. The molecule has 0 radical (unpaired) electrons. The summed E-state index contributed by atoms with van der Waals surface area (Å²) in [5, 5.41) is 8.72. The summed E-state index contributed by atoms with van der Waals surface area (Å²) in [6, 6.07) is 3.59. The van der Waals surface area contributed by atoms with Gasteiger partial charge < -0.3 is 10.0 Å². The molecule has 96 valence electrons. The van der Waals surface area contributed by atoms with Crippen LogP contribution in [0.3, 0.4) is 0 Å². The average molecular weight is 248 g/mol. The molecule has 0 aliphatic rings. The highest BCUT2D eigenvalue weighted by molar-refractivity contribution is 5.93. The number of carbonyl (C=O) groups is 2. The Bertz CT molecular complexity index is 429. The maximum absolute atomic E-state index is 11.8. The molecule has 0 saturated carbocycles. The van der Waals surface area contributed by atoms with Crippen molar-refractivity contribution in [1.29, 1.82) is 0 Å². The van der Waals surface area contributed by atoms with Crippen LogP contribution < -0.4 is 0 Å². The van der Waals surface area contributed by atoms with Crippen molar-refractivity contribution in [3.63, 3.8) is 0 Å². The molecule has 0 atom stereocenters. The second-order valence-electron chi connectivity index (χ2n) is 3.77. The van der Waals surface area contributed by atoms with E-state index in [-0.39, 0.29) is 12.5 Å². The standard InChI is InChI=1S/C13H16N2O3/c1-2-8-15(10-13(17)18)12(16)6-5-11-4-3-7-14-9-11/h3-7,9H,2,8,10H2,1H3,(H,17,18)/b6-5+. The van der Waals surface area contributed by atoms with E-state index in [9.17, 15) is 9.59 Å². The van der Waals surface area contributed by atoms with Crippen LogP contribution in [-0.2, 0) is 9.59 Å². The summed E-state index contributed by atoms with van der Waals surface area (Å²) in [5.74, 6) is -1.31. The van der Waals surface area contributed by atoms with Gasteiger partial charge in [-0.3, -0.25) is 14.6 Å². The third kappa shape index (κ3) is 4.78. The van der Waals surface area contributed by atoms with Crippen LogP contribution in [0.25, 0.3) is 6.08 Å². The second-order valence-corrected chi connectivity index (χ2v) is 3.77. The number of hydrogen-bond acceptors (Lipinski definition) is 3. The van der Waals surface area contributed by atoms with Crippen LogP contribution in [0.4, 0.5) is 0 Å². The second kappa shape index (κ2) is 7.21. The van der Waals surface area contributed by atoms with Crippen molar-refractivity contribution < 1.29 is 14.7 Å². The van der Waals surface area contributed by atoms with Gasteiger partial charge in [0.25, 0.3) is 0 Å². The summed E-state index contributed by atoms with van der Waals surface area (Å²) >= 11 is 0. The summed E-state index contributed by atoms with van der Waals surface area (Å²) in [6.07, 6.45) is 6.99. The summed E-state index contributed by atoms with van der Waals surface area (Å²) < 4.78 is 0. The summed E-state index contributed by atoms with van der Waals surface area (Å²) in [5.41, 5.74) is 0.803. The molecule has 5 heteroatoms. The predicted octanol–water partition coefficient (Wildman–Crippen LogP) is 1.42. The molecule has 5 nitrogen and oxygen atoms in total. The summed E-state index contributed by atoms with van der Waals surface area (Å²) in [6.45, 7) is 2.06. The van der Waals surface area contributed by atoms with Crippen LogP contribution in [0.1, 0.15) is 18.9 Å². The highest BCUT2D eigenvalue weighted by Crippen LogP contribution is 2.01. The Kier molecular flexibility index (Phi) is 5.57. The Morgan fingerprint density at radius 1 is 1.50 bits per heavy atom. The Hall–Kier alpha value is -2.17. The van der Waals surface area contributed by atoms with E-state index < -0.39 is 5.97 Å². The predicted molar refractivity (Wildman–Crippen MR) is 67.8 cm³/mol. The Morgan fingerprint density at radius 2 is 2.28 bits per heavy atom. The van der Waals surface area contributed by atoms with E-state index in [0.717, 1.165) is 12.0 Å². The lowest BCUT2D eigenvalue weighted by atomic mass is 10.2. The SMILES string of the molecule is CCCN(CC(=O)O)C(=O)/C=C/c1cccnc1. The van der Waals surface area contributed by atoms with E-state index in [1.807, 2.05) is 13.0 Å². The van der Waals surface area contributed by atoms with Gasteiger partial charge in [-0.05, 0) is 24.1 Å². The van der Waals surface area contributed by atoms with Crippen LogP contribution in [0.2, 0.25) is 0 Å². The van der Waals surface area contributed by atoms with Gasteiger partial charge in [0.15, 0.2) is 0 Å². The molecular formula is C13H16N2O3. The summed E-state index contributed by atoms with van der Waals surface area (Å²) in [4.78, 5) is 27.7. The van der Waals surface area contributed by atoms with Gasteiger partial charge in [-0.15, -0.1) is 0 Å². The van der Waals surface area contributed by atoms with Crippen molar-refractivity contribution in [3.8, 4) is 0 Å². The molecule has 0 unspecified atom stereocenters. The fourth-order valence-electron chi connectivity index (χ4n) is 1.45. The third-order valence-corrected chi connectivity index (χ3v) is 2.23. The number of rotatable bonds is 6. The molecule has 0 fully saturated rings. The molecule has 1 N–H and O–H groups in total. The van der Waals surface area contributed by atoms with Gasteiger partial charge >= 0.3 is 5.97 Å². The largest absolute Gasteiger partial charge is 0.480 e. The molecule has 1 heterocycles. The lowest BCUT2D eigenvalue weighted by Crippen LogP contribution is -2.35. The molecule has 18 heavy (non-hydrogen) atoms. The first-order valence-electron chi connectivity index (χ1n) is 5.72. The van der Waals surface area contributed by atoms with Crippen LogP contribution in [0.15, 0.2) is 30.6 Å². The van der Waals surface area contributed by atoms with Gasteiger partial charge in [0.05, 0.1) is 0 Å². The zero-order valence-electron chi connectivity index (χ0n) is 10.2. The van der Waals surface area contributed by atoms with E-state index in [2.05, 4.69) is 4.98 Å². The molecule has 0 bridgehead atoms. The van der Waals surface area contributed by atoms with E-state index in [4.69, 9.17) is 5.11 Å². The Morgan fingerprint density at radius 3 is 2.83 bits per heavy atom. The summed E-state index contributed by atoms with van der Waals surface area (Å²) in [7, 11) is 0. The van der Waals surface area contributed by atoms with Crippen LogP contribution >= 0.6 is 0 Å². The zero-order chi connectivity index (χ0) is 13.4. The lowest BCUT2D eigenvalue weighted by molar-refractivity contribution is -0.142. The van der Waals surface area contributed by atoms with Gasteiger partial charge in [0.2, 0.25) is 5.91 Å². The first kappa shape index (κ1) is 13.9. The normalized spacial score (nSPS) is 10.5. The Labute approximate surface area is 106 Å². The molecule has 0 aliphatic heterocycles. The lowest BCUT2D eigenvalue weighted by Gasteiger charge is -2.17. The number of carboxylic acid groups (broad SMARTS) is 1. The fraction of sp³-hybridized carbons (Fsp3) is 0.308. The number of hydrogen-bond donors (Lipinski definition) is 1. The highest BCUT2D eigenvalue weighted by atomic mass is 16.4. The van der Waals surface area contributed by atoms with E-state index in [1.54, 1.807) is 24.5 Å². The quantitative estimate of drug-likeness (QED) is 0.773. The maximum atomic E-state index is 11.8. The van der Waals surface area contributed by atoms with Crippen molar-refractivity contribution in [3.05, 3.63) is 36.2 Å². The minimum atomic E-state index is -1.01. The van der Waals surface area contributed by atoms with Gasteiger partial charge in [0.1, 0.15) is 6.54 Å². The van der Waals surface area contributed by atoms with Crippen LogP contribution in [-0.4, -0.2) is 40.0 Å². The van der Waals surface area contributed by atoms with Crippen molar-refractivity contribution in [2.24, 2.45) is 0 Å². The van der Waals surface area contributed by atoms with Gasteiger partial charge in [-0.25, -0.2) is 0 Å². The number of amides is 1. The molecule has 1 amide bonds. The first-order valence-corrected chi connectivity index (χ1v) is 5.72. The number of carbonyl (C=O) groups excluding carboxylic acids is 1. The van der Waals surface area contributed by atoms with Crippen molar-refractivity contribution in [2.45, 2.75) is 13.3 Å². The van der Waals surface area contributed by atoms with Crippen molar-refractivity contribution in [1.82, 2.24) is 9.88 Å². The average Bonchev–Trinajstić information content (AvgIpc) is 2.36. The fourth-order valence-corrected chi connectivity index (χ4v) is 1.45. The van der Waals surface area contributed by atoms with E-state index in [1.165, 1.54) is 11.0 Å². The molecule has 0 saturated heterocycles. The molecule has 0 aliphatic carbocycles. The first-order chi connectivity index (χ1) is 8.63. The van der Waals surface area contributed by atoms with Crippen LogP contribution in [0, 0.1) is 0 Å². The Balaban J connectivity index is 2.66. The van der Waals surface area contributed by atoms with Gasteiger partial charge in [-0.2, -0.15) is 0 Å². The monoisotopic (exact) mass is 248 g/mol. The molecule has 0 spiro atoms.